The molecule has 0 spiro atoms. The Kier molecular flexibility index (Phi) is 5.42. The number of hydrogen-bond donors (Lipinski definition) is 0. The number of rotatable bonds is 4. The van der Waals surface area contributed by atoms with Gasteiger partial charge in [0, 0.05) is 52.0 Å². The molecule has 1 aliphatic rings. The van der Waals surface area contributed by atoms with Gasteiger partial charge in [-0.15, -0.1) is 0 Å². The van der Waals surface area contributed by atoms with E-state index in [1.54, 1.807) is 6.20 Å². The standard InChI is InChI=1S/C22H19Cl2N3/c23-20-8-1-9-21(24)19(20)15-27-12-4-7-18(27)13-16-5-3-11-26-22(16)17-6-2-10-25-14-17/h1-2,4,6-10,12-14H,3,5,11,15H2. The van der Waals surface area contributed by atoms with Gasteiger partial charge in [-0.25, -0.2) is 0 Å². The number of allylic oxidation sites excluding steroid dienone is 1. The molecule has 2 aromatic heterocycles. The summed E-state index contributed by atoms with van der Waals surface area (Å²) in [6, 6.07) is 13.8. The van der Waals surface area contributed by atoms with Crippen molar-refractivity contribution in [1.82, 2.24) is 9.55 Å². The third-order valence-electron chi connectivity index (χ3n) is 4.69. The number of halogens is 2. The van der Waals surface area contributed by atoms with Crippen LogP contribution in [0.4, 0.5) is 0 Å². The Labute approximate surface area is 169 Å². The zero-order valence-corrected chi connectivity index (χ0v) is 16.3. The highest BCUT2D eigenvalue weighted by Gasteiger charge is 2.15. The predicted octanol–water partition coefficient (Wildman–Crippen LogP) is 5.90. The fraction of sp³-hybridized carbons (Fsp3) is 0.182. The smallest absolute Gasteiger partial charge is 0.0694 e. The lowest BCUT2D eigenvalue weighted by Crippen LogP contribution is -2.12. The largest absolute Gasteiger partial charge is 0.343 e. The molecule has 1 aliphatic heterocycles. The molecular formula is C22H19Cl2N3. The summed E-state index contributed by atoms with van der Waals surface area (Å²) in [5.41, 5.74) is 5.38. The van der Waals surface area contributed by atoms with Crippen LogP contribution in [0, 0.1) is 0 Å². The van der Waals surface area contributed by atoms with E-state index in [0.717, 1.165) is 41.9 Å². The summed E-state index contributed by atoms with van der Waals surface area (Å²) in [6.45, 7) is 1.49. The van der Waals surface area contributed by atoms with Crippen LogP contribution in [0.1, 0.15) is 29.7 Å². The topological polar surface area (TPSA) is 30.2 Å². The van der Waals surface area contributed by atoms with Crippen LogP contribution in [0.5, 0.6) is 0 Å². The van der Waals surface area contributed by atoms with Crippen LogP contribution in [-0.4, -0.2) is 21.8 Å². The Bertz CT molecular complexity index is 983. The summed E-state index contributed by atoms with van der Waals surface area (Å²) < 4.78 is 2.16. The molecule has 0 N–H and O–H groups in total. The minimum absolute atomic E-state index is 0.629. The Hall–Kier alpha value is -2.36. The Morgan fingerprint density at radius 2 is 1.89 bits per heavy atom. The van der Waals surface area contributed by atoms with E-state index in [1.165, 1.54) is 5.57 Å². The number of hydrogen-bond acceptors (Lipinski definition) is 2. The number of aliphatic imine (C=N–C) groups is 1. The summed E-state index contributed by atoms with van der Waals surface area (Å²) in [6.07, 6.45) is 10.00. The first-order valence-corrected chi connectivity index (χ1v) is 9.72. The molecule has 0 fully saturated rings. The van der Waals surface area contributed by atoms with Crippen molar-refractivity contribution in [1.29, 1.82) is 0 Å². The van der Waals surface area contributed by atoms with Crippen LogP contribution in [0.15, 0.2) is 71.6 Å². The Morgan fingerprint density at radius 1 is 1.04 bits per heavy atom. The lowest BCUT2D eigenvalue weighted by molar-refractivity contribution is 0.792. The van der Waals surface area contributed by atoms with Crippen LogP contribution in [0.3, 0.4) is 0 Å². The zero-order valence-electron chi connectivity index (χ0n) is 14.8. The number of nitrogens with zero attached hydrogens (tertiary/aromatic N) is 3. The van der Waals surface area contributed by atoms with Crippen LogP contribution < -0.4 is 0 Å². The lowest BCUT2D eigenvalue weighted by Gasteiger charge is -2.17. The highest BCUT2D eigenvalue weighted by atomic mass is 35.5. The quantitative estimate of drug-likeness (QED) is 0.540. The summed E-state index contributed by atoms with van der Waals surface area (Å²) >= 11 is 12.7. The van der Waals surface area contributed by atoms with E-state index in [1.807, 2.05) is 36.5 Å². The molecule has 0 aliphatic carbocycles. The molecule has 0 amide bonds. The first-order valence-electron chi connectivity index (χ1n) is 8.96. The maximum atomic E-state index is 6.35. The molecule has 136 valence electrons. The van der Waals surface area contributed by atoms with Crippen LogP contribution in [-0.2, 0) is 6.54 Å². The number of benzene rings is 1. The molecule has 3 aromatic rings. The minimum Gasteiger partial charge on any atom is -0.343 e. The van der Waals surface area contributed by atoms with E-state index < -0.39 is 0 Å². The molecule has 0 saturated heterocycles. The first kappa shape index (κ1) is 18.0. The lowest BCUT2D eigenvalue weighted by atomic mass is 9.96. The molecule has 1 aromatic carbocycles. The molecule has 27 heavy (non-hydrogen) atoms. The molecule has 3 nitrogen and oxygen atoms in total. The van der Waals surface area contributed by atoms with Gasteiger partial charge >= 0.3 is 0 Å². The third-order valence-corrected chi connectivity index (χ3v) is 5.40. The van der Waals surface area contributed by atoms with Crippen molar-refractivity contribution >= 4 is 35.0 Å². The van der Waals surface area contributed by atoms with Crippen molar-refractivity contribution < 1.29 is 0 Å². The van der Waals surface area contributed by atoms with Gasteiger partial charge in [0.2, 0.25) is 0 Å². The predicted molar refractivity (Wildman–Crippen MR) is 113 cm³/mol. The van der Waals surface area contributed by atoms with Gasteiger partial charge in [0.1, 0.15) is 0 Å². The zero-order chi connectivity index (χ0) is 18.6. The summed E-state index contributed by atoms with van der Waals surface area (Å²) in [5, 5.41) is 1.37. The van der Waals surface area contributed by atoms with Gasteiger partial charge in [-0.1, -0.05) is 29.3 Å². The van der Waals surface area contributed by atoms with E-state index >= 15 is 0 Å². The van der Waals surface area contributed by atoms with Gasteiger partial charge in [0.05, 0.1) is 12.3 Å². The van der Waals surface area contributed by atoms with Crippen molar-refractivity contribution in [3.05, 3.63) is 93.5 Å². The van der Waals surface area contributed by atoms with Crippen LogP contribution >= 0.6 is 23.2 Å². The average Bonchev–Trinajstić information content (AvgIpc) is 3.13. The highest BCUT2D eigenvalue weighted by Crippen LogP contribution is 2.27. The van der Waals surface area contributed by atoms with Gasteiger partial charge in [-0.2, -0.15) is 0 Å². The van der Waals surface area contributed by atoms with E-state index in [0.29, 0.717) is 16.6 Å². The molecule has 0 radical (unpaired) electrons. The van der Waals surface area contributed by atoms with Gasteiger partial charge in [0.15, 0.2) is 0 Å². The van der Waals surface area contributed by atoms with Crippen molar-refractivity contribution in [2.75, 3.05) is 6.54 Å². The highest BCUT2D eigenvalue weighted by molar-refractivity contribution is 6.36. The van der Waals surface area contributed by atoms with E-state index in [-0.39, 0.29) is 0 Å². The summed E-state index contributed by atoms with van der Waals surface area (Å²) in [5.74, 6) is 0. The minimum atomic E-state index is 0.629. The first-order chi connectivity index (χ1) is 13.2. The van der Waals surface area contributed by atoms with Crippen molar-refractivity contribution in [3.63, 3.8) is 0 Å². The maximum absolute atomic E-state index is 6.35. The van der Waals surface area contributed by atoms with E-state index in [2.05, 4.69) is 34.0 Å². The average molecular weight is 396 g/mol. The molecule has 4 rings (SSSR count). The van der Waals surface area contributed by atoms with E-state index in [9.17, 15) is 0 Å². The van der Waals surface area contributed by atoms with Crippen LogP contribution in [0.25, 0.3) is 6.08 Å². The monoisotopic (exact) mass is 395 g/mol. The van der Waals surface area contributed by atoms with Gasteiger partial charge in [-0.3, -0.25) is 9.98 Å². The molecule has 0 saturated carbocycles. The Balaban J connectivity index is 1.68. The van der Waals surface area contributed by atoms with Crippen molar-refractivity contribution in [2.24, 2.45) is 4.99 Å². The summed E-state index contributed by atoms with van der Waals surface area (Å²) in [7, 11) is 0. The van der Waals surface area contributed by atoms with Crippen molar-refractivity contribution in [2.45, 2.75) is 19.4 Å². The van der Waals surface area contributed by atoms with Crippen LogP contribution in [0.2, 0.25) is 10.0 Å². The second-order valence-corrected chi connectivity index (χ2v) is 7.32. The fourth-order valence-corrected chi connectivity index (χ4v) is 3.85. The second-order valence-electron chi connectivity index (χ2n) is 6.51. The normalized spacial score (nSPS) is 15.8. The molecule has 0 unspecified atom stereocenters. The maximum Gasteiger partial charge on any atom is 0.0694 e. The van der Waals surface area contributed by atoms with E-state index in [4.69, 9.17) is 28.2 Å². The third kappa shape index (κ3) is 4.00. The molecule has 0 bridgehead atoms. The molecule has 0 atom stereocenters. The van der Waals surface area contributed by atoms with Gasteiger partial charge < -0.3 is 4.57 Å². The number of aromatic nitrogens is 2. The fourth-order valence-electron chi connectivity index (χ4n) is 3.33. The Morgan fingerprint density at radius 3 is 2.67 bits per heavy atom. The summed E-state index contributed by atoms with van der Waals surface area (Å²) in [4.78, 5) is 9.00. The second kappa shape index (κ2) is 8.12. The molecule has 5 heteroatoms. The van der Waals surface area contributed by atoms with Gasteiger partial charge in [-0.05, 0) is 60.9 Å². The molecular weight excluding hydrogens is 377 g/mol. The van der Waals surface area contributed by atoms with Crippen molar-refractivity contribution in [3.8, 4) is 0 Å². The molecule has 3 heterocycles. The van der Waals surface area contributed by atoms with Gasteiger partial charge in [0.25, 0.3) is 0 Å². The SMILES string of the molecule is Clc1cccc(Cl)c1Cn1cccc1C=C1CCCN=C1c1cccnc1. The number of pyridine rings is 1.